The maximum atomic E-state index is 12.9. The van der Waals surface area contributed by atoms with Gasteiger partial charge in [0.25, 0.3) is 5.91 Å². The number of nitrogens with one attached hydrogen (secondary N) is 1. The first-order chi connectivity index (χ1) is 14.3. The molecule has 0 aliphatic carbocycles. The molecule has 29 heavy (non-hydrogen) atoms. The van der Waals surface area contributed by atoms with Gasteiger partial charge in [-0.1, -0.05) is 42.5 Å². The Hall–Kier alpha value is -4.19. The molecule has 0 bridgehead atoms. The molecule has 0 atom stereocenters. The van der Waals surface area contributed by atoms with E-state index in [9.17, 15) is 4.79 Å². The Balaban J connectivity index is 1.49. The van der Waals surface area contributed by atoms with Gasteiger partial charge in [0, 0.05) is 16.8 Å². The third-order valence-electron chi connectivity index (χ3n) is 4.66. The number of carbonyl (C=O) groups is 1. The average Bonchev–Trinajstić information content (AvgIpc) is 3.42. The van der Waals surface area contributed by atoms with Crippen molar-refractivity contribution in [2.75, 3.05) is 5.32 Å². The molecule has 1 amide bonds. The van der Waals surface area contributed by atoms with Crippen LogP contribution in [0.15, 0.2) is 95.9 Å². The molecule has 0 unspecified atom stereocenters. The fourth-order valence-corrected chi connectivity index (χ4v) is 3.27. The van der Waals surface area contributed by atoms with Gasteiger partial charge in [0.15, 0.2) is 12.2 Å². The summed E-state index contributed by atoms with van der Waals surface area (Å²) in [5.41, 5.74) is 4.05. The fourth-order valence-electron chi connectivity index (χ4n) is 3.27. The minimum Gasteiger partial charge on any atom is -0.444 e. The summed E-state index contributed by atoms with van der Waals surface area (Å²) in [5, 5.41) is 2.95. The van der Waals surface area contributed by atoms with Crippen molar-refractivity contribution in [3.05, 3.63) is 97.0 Å². The van der Waals surface area contributed by atoms with Gasteiger partial charge in [0.05, 0.1) is 17.2 Å². The number of rotatable bonds is 4. The Morgan fingerprint density at radius 3 is 2.41 bits per heavy atom. The summed E-state index contributed by atoms with van der Waals surface area (Å²) < 4.78 is 7.23. The van der Waals surface area contributed by atoms with Gasteiger partial charge in [-0.05, 0) is 36.4 Å². The van der Waals surface area contributed by atoms with Crippen LogP contribution in [0.2, 0.25) is 0 Å². The van der Waals surface area contributed by atoms with Crippen LogP contribution >= 0.6 is 0 Å². The molecule has 0 aliphatic heterocycles. The third kappa shape index (κ3) is 3.17. The highest BCUT2D eigenvalue weighted by Gasteiger charge is 2.15. The Kier molecular flexibility index (Phi) is 4.14. The van der Waals surface area contributed by atoms with Crippen LogP contribution < -0.4 is 5.32 Å². The Labute approximate surface area is 166 Å². The van der Waals surface area contributed by atoms with E-state index in [-0.39, 0.29) is 5.91 Å². The number of nitrogens with zero attached hydrogens (tertiary/aromatic N) is 3. The Morgan fingerprint density at radius 2 is 1.66 bits per heavy atom. The maximum absolute atomic E-state index is 12.9. The summed E-state index contributed by atoms with van der Waals surface area (Å²) in [6.45, 7) is 0. The summed E-state index contributed by atoms with van der Waals surface area (Å²) in [4.78, 5) is 21.4. The highest BCUT2D eigenvalue weighted by Crippen LogP contribution is 2.25. The smallest absolute Gasteiger partial charge is 0.257 e. The summed E-state index contributed by atoms with van der Waals surface area (Å²) in [5.74, 6) is 0.895. The van der Waals surface area contributed by atoms with Crippen molar-refractivity contribution < 1.29 is 9.21 Å². The highest BCUT2D eigenvalue weighted by atomic mass is 16.3. The number of fused-ring (bicyclic) bond motifs is 1. The molecule has 0 saturated carbocycles. The molecule has 0 saturated heterocycles. The van der Waals surface area contributed by atoms with E-state index in [4.69, 9.17) is 4.42 Å². The van der Waals surface area contributed by atoms with Crippen LogP contribution in [0.1, 0.15) is 10.4 Å². The average molecular weight is 380 g/mol. The molecule has 140 valence electrons. The van der Waals surface area contributed by atoms with Crippen LogP contribution in [0.3, 0.4) is 0 Å². The molecule has 2 aromatic heterocycles. The zero-order chi connectivity index (χ0) is 19.6. The fraction of sp³-hybridized carbons (Fsp3) is 0. The van der Waals surface area contributed by atoms with Gasteiger partial charge in [-0.3, -0.25) is 14.7 Å². The van der Waals surface area contributed by atoms with Crippen LogP contribution in [0.5, 0.6) is 0 Å². The molecule has 0 spiro atoms. The molecule has 2 heterocycles. The van der Waals surface area contributed by atoms with E-state index in [1.165, 1.54) is 6.39 Å². The van der Waals surface area contributed by atoms with Crippen molar-refractivity contribution >= 4 is 22.9 Å². The number of aromatic nitrogens is 3. The lowest BCUT2D eigenvalue weighted by Gasteiger charge is -2.10. The van der Waals surface area contributed by atoms with Gasteiger partial charge < -0.3 is 4.42 Å². The second-order valence-electron chi connectivity index (χ2n) is 6.49. The van der Waals surface area contributed by atoms with Crippen LogP contribution in [0, 0.1) is 0 Å². The summed E-state index contributed by atoms with van der Waals surface area (Å²) in [6, 6.07) is 24.8. The molecule has 1 N–H and O–H groups in total. The van der Waals surface area contributed by atoms with E-state index >= 15 is 0 Å². The predicted octanol–water partition coefficient (Wildman–Crippen LogP) is 4.93. The maximum Gasteiger partial charge on any atom is 0.257 e. The SMILES string of the molecule is O=C(Nc1nc2ccccc2n1-c1ccccc1)c1ccc(-c2cnco2)cc1. The number of anilines is 1. The van der Waals surface area contributed by atoms with E-state index in [2.05, 4.69) is 15.3 Å². The zero-order valence-electron chi connectivity index (χ0n) is 15.3. The van der Waals surface area contributed by atoms with Gasteiger partial charge in [0.2, 0.25) is 5.95 Å². The Morgan fingerprint density at radius 1 is 0.897 bits per heavy atom. The number of amides is 1. The lowest BCUT2D eigenvalue weighted by atomic mass is 10.1. The van der Waals surface area contributed by atoms with Crippen molar-refractivity contribution in [1.29, 1.82) is 0 Å². The van der Waals surface area contributed by atoms with Gasteiger partial charge in [0.1, 0.15) is 0 Å². The van der Waals surface area contributed by atoms with Crippen LogP contribution in [0.25, 0.3) is 28.0 Å². The standard InChI is InChI=1S/C23H16N4O2/c28-22(17-12-10-16(11-13-17)21-14-24-15-29-21)26-23-25-19-8-4-5-9-20(19)27(23)18-6-2-1-3-7-18/h1-15H,(H,25,26,28). The van der Waals surface area contributed by atoms with Crippen molar-refractivity contribution in [2.24, 2.45) is 0 Å². The summed E-state index contributed by atoms with van der Waals surface area (Å²) >= 11 is 0. The molecule has 6 heteroatoms. The second-order valence-corrected chi connectivity index (χ2v) is 6.49. The van der Waals surface area contributed by atoms with E-state index in [1.807, 2.05) is 71.3 Å². The second kappa shape index (κ2) is 7.09. The monoisotopic (exact) mass is 380 g/mol. The van der Waals surface area contributed by atoms with Gasteiger partial charge in [-0.25, -0.2) is 9.97 Å². The molecule has 3 aromatic carbocycles. The van der Waals surface area contributed by atoms with Gasteiger partial charge >= 0.3 is 0 Å². The largest absolute Gasteiger partial charge is 0.444 e. The first-order valence-corrected chi connectivity index (χ1v) is 9.13. The minimum atomic E-state index is -0.235. The summed E-state index contributed by atoms with van der Waals surface area (Å²) in [6.07, 6.45) is 3.02. The first-order valence-electron chi connectivity index (χ1n) is 9.13. The Bertz CT molecular complexity index is 1270. The van der Waals surface area contributed by atoms with E-state index < -0.39 is 0 Å². The van der Waals surface area contributed by atoms with E-state index in [0.717, 1.165) is 22.3 Å². The molecule has 0 aliphatic rings. The zero-order valence-corrected chi connectivity index (χ0v) is 15.3. The molecule has 0 fully saturated rings. The van der Waals surface area contributed by atoms with Crippen LogP contribution in [-0.4, -0.2) is 20.4 Å². The lowest BCUT2D eigenvalue weighted by molar-refractivity contribution is 0.102. The molecule has 5 aromatic rings. The molecular formula is C23H16N4O2. The number of benzene rings is 3. The molecular weight excluding hydrogens is 364 g/mol. The third-order valence-corrected chi connectivity index (χ3v) is 4.66. The molecule has 0 radical (unpaired) electrons. The lowest BCUT2D eigenvalue weighted by Crippen LogP contribution is -2.15. The van der Waals surface area contributed by atoms with Crippen molar-refractivity contribution in [3.63, 3.8) is 0 Å². The number of hydrogen-bond acceptors (Lipinski definition) is 4. The van der Waals surface area contributed by atoms with E-state index in [0.29, 0.717) is 17.3 Å². The number of para-hydroxylation sites is 3. The first kappa shape index (κ1) is 16.9. The number of carbonyl (C=O) groups excluding carboxylic acids is 1. The minimum absolute atomic E-state index is 0.235. The predicted molar refractivity (Wildman–Crippen MR) is 111 cm³/mol. The normalized spacial score (nSPS) is 10.9. The van der Waals surface area contributed by atoms with Crippen molar-refractivity contribution in [2.45, 2.75) is 0 Å². The molecule has 5 rings (SSSR count). The molecule has 6 nitrogen and oxygen atoms in total. The number of hydrogen-bond donors (Lipinski definition) is 1. The number of imidazole rings is 1. The van der Waals surface area contributed by atoms with Gasteiger partial charge in [-0.2, -0.15) is 0 Å². The van der Waals surface area contributed by atoms with Crippen LogP contribution in [-0.2, 0) is 0 Å². The number of oxazole rings is 1. The summed E-state index contributed by atoms with van der Waals surface area (Å²) in [7, 11) is 0. The van der Waals surface area contributed by atoms with Crippen LogP contribution in [0.4, 0.5) is 5.95 Å². The van der Waals surface area contributed by atoms with Crippen molar-refractivity contribution in [1.82, 2.24) is 14.5 Å². The van der Waals surface area contributed by atoms with E-state index in [1.54, 1.807) is 18.3 Å². The highest BCUT2D eigenvalue weighted by molar-refractivity contribution is 6.04. The topological polar surface area (TPSA) is 73.0 Å². The quantitative estimate of drug-likeness (QED) is 0.480. The van der Waals surface area contributed by atoms with Gasteiger partial charge in [-0.15, -0.1) is 0 Å². The van der Waals surface area contributed by atoms with Crippen molar-refractivity contribution in [3.8, 4) is 17.0 Å².